The van der Waals surface area contributed by atoms with E-state index in [9.17, 15) is 20.1 Å². The van der Waals surface area contributed by atoms with E-state index in [1.54, 1.807) is 12.2 Å². The van der Waals surface area contributed by atoms with Crippen molar-refractivity contribution >= 4 is 5.91 Å². The number of amides is 1. The first-order valence-electron chi connectivity index (χ1n) is 16.8. The third-order valence-electron chi connectivity index (χ3n) is 7.49. The Labute approximate surface area is 247 Å². The third-order valence-corrected chi connectivity index (χ3v) is 7.49. The first-order valence-corrected chi connectivity index (χ1v) is 16.8. The lowest BCUT2D eigenvalue weighted by Crippen LogP contribution is -2.48. The quantitative estimate of drug-likeness (QED) is 0.0543. The van der Waals surface area contributed by atoms with Crippen molar-refractivity contribution in [2.45, 2.75) is 173 Å². The number of aliphatic hydroxyl groups excluding tert-OH is 3. The highest BCUT2D eigenvalue weighted by molar-refractivity contribution is 5.81. The Kier molecular flexibility index (Phi) is 29.4. The molecule has 0 rings (SSSR count). The standard InChI is InChI=1S/C35H65NO4/c1-3-5-7-9-11-13-15-17-18-20-21-23-25-27-29-33(38)32(31-37)36-35(40)34(39)30-28-26-24-22-19-16-14-12-10-8-6-4-2/h19,22,26-29,32-34,37-39H,3-18,20-21,23-25,30-31H2,1-2H3,(H,36,40)/b22-19-,28-26-,29-27+. The Morgan fingerprint density at radius 3 is 1.57 bits per heavy atom. The van der Waals surface area contributed by atoms with Gasteiger partial charge in [0.25, 0.3) is 0 Å². The molecular formula is C35H65NO4. The topological polar surface area (TPSA) is 89.8 Å². The van der Waals surface area contributed by atoms with Crippen LogP contribution in [0.4, 0.5) is 0 Å². The highest BCUT2D eigenvalue weighted by atomic mass is 16.3. The van der Waals surface area contributed by atoms with E-state index in [1.165, 1.54) is 109 Å². The predicted molar refractivity (Wildman–Crippen MR) is 171 cm³/mol. The minimum absolute atomic E-state index is 0.208. The number of unbranched alkanes of at least 4 members (excludes halogenated alkanes) is 18. The Bertz CT molecular complexity index is 631. The van der Waals surface area contributed by atoms with Crippen LogP contribution in [0.3, 0.4) is 0 Å². The summed E-state index contributed by atoms with van der Waals surface area (Å²) in [7, 11) is 0. The van der Waals surface area contributed by atoms with Crippen LogP contribution in [0.1, 0.15) is 155 Å². The van der Waals surface area contributed by atoms with Gasteiger partial charge in [0.15, 0.2) is 0 Å². The molecule has 0 aliphatic rings. The van der Waals surface area contributed by atoms with Crippen molar-refractivity contribution in [2.24, 2.45) is 0 Å². The summed E-state index contributed by atoms with van der Waals surface area (Å²) < 4.78 is 0. The Morgan fingerprint density at radius 1 is 0.625 bits per heavy atom. The zero-order chi connectivity index (χ0) is 29.5. The maximum Gasteiger partial charge on any atom is 0.249 e. The van der Waals surface area contributed by atoms with Crippen LogP contribution >= 0.6 is 0 Å². The summed E-state index contributed by atoms with van der Waals surface area (Å²) in [6.45, 7) is 4.11. The van der Waals surface area contributed by atoms with E-state index >= 15 is 0 Å². The highest BCUT2D eigenvalue weighted by Crippen LogP contribution is 2.13. The van der Waals surface area contributed by atoms with Gasteiger partial charge in [0.2, 0.25) is 5.91 Å². The van der Waals surface area contributed by atoms with E-state index < -0.39 is 24.2 Å². The van der Waals surface area contributed by atoms with Crippen LogP contribution in [0.15, 0.2) is 36.5 Å². The zero-order valence-electron chi connectivity index (χ0n) is 26.2. The first-order chi connectivity index (χ1) is 19.6. The molecule has 0 heterocycles. The molecule has 5 heteroatoms. The van der Waals surface area contributed by atoms with Crippen LogP contribution in [-0.2, 0) is 4.79 Å². The molecule has 0 saturated heterocycles. The molecule has 0 aromatic heterocycles. The third kappa shape index (κ3) is 25.5. The van der Waals surface area contributed by atoms with Crippen LogP contribution in [0.2, 0.25) is 0 Å². The maximum absolute atomic E-state index is 12.3. The number of carbonyl (C=O) groups excluding carboxylic acids is 1. The van der Waals surface area contributed by atoms with Gasteiger partial charge < -0.3 is 20.6 Å². The fraction of sp³-hybridized carbons (Fsp3) is 0.800. The lowest BCUT2D eigenvalue weighted by atomic mass is 10.0. The van der Waals surface area contributed by atoms with E-state index in [-0.39, 0.29) is 13.0 Å². The van der Waals surface area contributed by atoms with E-state index in [0.717, 1.165) is 25.7 Å². The number of carbonyl (C=O) groups is 1. The van der Waals surface area contributed by atoms with Crippen LogP contribution in [0.25, 0.3) is 0 Å². The summed E-state index contributed by atoms with van der Waals surface area (Å²) in [5.74, 6) is -0.573. The Hall–Kier alpha value is -1.43. The molecule has 0 aliphatic heterocycles. The van der Waals surface area contributed by atoms with Crippen molar-refractivity contribution in [3.05, 3.63) is 36.5 Å². The van der Waals surface area contributed by atoms with Crippen molar-refractivity contribution in [1.29, 1.82) is 0 Å². The lowest BCUT2D eigenvalue weighted by molar-refractivity contribution is -0.131. The zero-order valence-corrected chi connectivity index (χ0v) is 26.2. The van der Waals surface area contributed by atoms with Gasteiger partial charge in [-0.3, -0.25) is 4.79 Å². The fourth-order valence-electron chi connectivity index (χ4n) is 4.75. The van der Waals surface area contributed by atoms with Gasteiger partial charge in [-0.15, -0.1) is 0 Å². The second kappa shape index (κ2) is 30.5. The molecule has 0 aliphatic carbocycles. The molecule has 3 atom stereocenters. The van der Waals surface area contributed by atoms with E-state index in [2.05, 4.69) is 31.3 Å². The lowest BCUT2D eigenvalue weighted by Gasteiger charge is -2.21. The largest absolute Gasteiger partial charge is 0.394 e. The van der Waals surface area contributed by atoms with Gasteiger partial charge in [-0.2, -0.15) is 0 Å². The molecule has 0 aromatic carbocycles. The number of rotatable bonds is 29. The molecule has 5 nitrogen and oxygen atoms in total. The molecule has 0 spiro atoms. The van der Waals surface area contributed by atoms with E-state index in [1.807, 2.05) is 12.2 Å². The molecule has 0 aromatic rings. The van der Waals surface area contributed by atoms with Crippen LogP contribution in [0.5, 0.6) is 0 Å². The first kappa shape index (κ1) is 38.6. The number of hydrogen-bond acceptors (Lipinski definition) is 4. The highest BCUT2D eigenvalue weighted by Gasteiger charge is 2.22. The summed E-state index contributed by atoms with van der Waals surface area (Å²) in [6.07, 6.45) is 36.0. The smallest absolute Gasteiger partial charge is 0.249 e. The molecule has 0 radical (unpaired) electrons. The van der Waals surface area contributed by atoms with Gasteiger partial charge in [-0.25, -0.2) is 0 Å². The van der Waals surface area contributed by atoms with Crippen LogP contribution in [0, 0.1) is 0 Å². The summed E-state index contributed by atoms with van der Waals surface area (Å²) in [6, 6.07) is -0.825. The second-order valence-corrected chi connectivity index (χ2v) is 11.4. The molecule has 0 saturated carbocycles. The van der Waals surface area contributed by atoms with Crippen LogP contribution < -0.4 is 5.32 Å². The van der Waals surface area contributed by atoms with Gasteiger partial charge in [0.05, 0.1) is 18.8 Å². The molecular weight excluding hydrogens is 498 g/mol. The van der Waals surface area contributed by atoms with E-state index in [0.29, 0.717) is 0 Å². The predicted octanol–water partition coefficient (Wildman–Crippen LogP) is 8.48. The summed E-state index contributed by atoms with van der Waals surface area (Å²) in [5, 5.41) is 32.7. The average Bonchev–Trinajstić information content (AvgIpc) is 2.96. The molecule has 234 valence electrons. The summed E-state index contributed by atoms with van der Waals surface area (Å²) >= 11 is 0. The van der Waals surface area contributed by atoms with Gasteiger partial charge >= 0.3 is 0 Å². The van der Waals surface area contributed by atoms with Crippen molar-refractivity contribution in [3.8, 4) is 0 Å². The molecule has 0 bridgehead atoms. The summed E-state index contributed by atoms with van der Waals surface area (Å²) in [4.78, 5) is 12.3. The number of allylic oxidation sites excluding steroid dienone is 4. The minimum atomic E-state index is -1.20. The maximum atomic E-state index is 12.3. The van der Waals surface area contributed by atoms with Crippen molar-refractivity contribution in [1.82, 2.24) is 5.32 Å². The SMILES string of the molecule is CCCCCCCC/C=C\C/C=C\CC(O)C(=O)NC(CO)C(O)/C=C/CCCCCCCCCCCCCC. The fourth-order valence-corrected chi connectivity index (χ4v) is 4.75. The van der Waals surface area contributed by atoms with Crippen molar-refractivity contribution in [2.75, 3.05) is 6.61 Å². The number of hydrogen-bond donors (Lipinski definition) is 4. The number of nitrogens with one attached hydrogen (secondary N) is 1. The van der Waals surface area contributed by atoms with E-state index in [4.69, 9.17) is 0 Å². The molecule has 4 N–H and O–H groups in total. The Morgan fingerprint density at radius 2 is 1.07 bits per heavy atom. The van der Waals surface area contributed by atoms with Crippen molar-refractivity contribution < 1.29 is 20.1 Å². The van der Waals surface area contributed by atoms with Gasteiger partial charge in [0, 0.05) is 6.42 Å². The van der Waals surface area contributed by atoms with Crippen LogP contribution in [-0.4, -0.2) is 46.1 Å². The molecule has 1 amide bonds. The van der Waals surface area contributed by atoms with Gasteiger partial charge in [0.1, 0.15) is 6.10 Å². The number of aliphatic hydroxyl groups is 3. The molecule has 40 heavy (non-hydrogen) atoms. The van der Waals surface area contributed by atoms with Gasteiger partial charge in [-0.05, 0) is 32.1 Å². The summed E-state index contributed by atoms with van der Waals surface area (Å²) in [5.41, 5.74) is 0. The molecule has 3 unspecified atom stereocenters. The molecule has 0 fully saturated rings. The monoisotopic (exact) mass is 563 g/mol. The van der Waals surface area contributed by atoms with Crippen molar-refractivity contribution in [3.63, 3.8) is 0 Å². The average molecular weight is 564 g/mol. The van der Waals surface area contributed by atoms with Gasteiger partial charge in [-0.1, -0.05) is 153 Å². The Balaban J connectivity index is 3.90. The second-order valence-electron chi connectivity index (χ2n) is 11.4. The normalized spacial score (nSPS) is 14.4. The minimum Gasteiger partial charge on any atom is -0.394 e.